The number of rotatable bonds is 5. The Morgan fingerprint density at radius 1 is 1.08 bits per heavy atom. The van der Waals surface area contributed by atoms with Gasteiger partial charge in [0.2, 0.25) is 0 Å². The van der Waals surface area contributed by atoms with Crippen molar-refractivity contribution in [3.8, 4) is 0 Å². The molecule has 0 aliphatic carbocycles. The zero-order valence-electron chi connectivity index (χ0n) is 6.13. The van der Waals surface area contributed by atoms with Crippen molar-refractivity contribution in [1.82, 2.24) is 0 Å². The highest BCUT2D eigenvalue weighted by Gasteiger charge is 2.47. The molecule has 0 saturated carbocycles. The highest BCUT2D eigenvalue weighted by molar-refractivity contribution is 5.99. The minimum Gasteiger partial charge on any atom is -0.480 e. The average Bonchev–Trinajstić information content (AvgIpc) is 1.99. The van der Waals surface area contributed by atoms with Gasteiger partial charge in [-0.1, -0.05) is 0 Å². The zero-order chi connectivity index (χ0) is 10.6. The number of hydrogen-bond donors (Lipinski definition) is 4. The Balaban J connectivity index is 4.52. The van der Waals surface area contributed by atoms with Crippen molar-refractivity contribution in [2.24, 2.45) is 0 Å². The van der Waals surface area contributed by atoms with Crippen LogP contribution < -0.4 is 0 Å². The van der Waals surface area contributed by atoms with Gasteiger partial charge in [0.15, 0.2) is 0 Å². The van der Waals surface area contributed by atoms with E-state index < -0.39 is 30.3 Å². The van der Waals surface area contributed by atoms with Gasteiger partial charge in [0.05, 0.1) is 0 Å². The van der Waals surface area contributed by atoms with Crippen LogP contribution in [0.2, 0.25) is 0 Å². The molecule has 0 aliphatic rings. The van der Waals surface area contributed by atoms with E-state index in [1.54, 1.807) is 0 Å². The Morgan fingerprint density at radius 3 is 1.69 bits per heavy atom. The molecule has 13 heavy (non-hydrogen) atoms. The Labute approximate surface area is 71.0 Å². The molecule has 4 N–H and O–H groups in total. The first-order chi connectivity index (χ1) is 5.80. The second-order valence-corrected chi connectivity index (χ2v) is 1.94. The number of hydrogen-bond acceptors (Lipinski definition) is 5. The predicted octanol–water partition coefficient (Wildman–Crippen LogP) is -2.05. The van der Waals surface area contributed by atoms with Crippen LogP contribution >= 0.6 is 0 Å². The topological polar surface area (TPSA) is 141 Å². The van der Waals surface area contributed by atoms with Crippen LogP contribution in [0, 0.1) is 0 Å². The van der Waals surface area contributed by atoms with Crippen molar-refractivity contribution in [2.45, 2.75) is 5.79 Å². The molecule has 0 aromatic carbocycles. The minimum atomic E-state index is -3.52. The molecule has 0 saturated heterocycles. The van der Waals surface area contributed by atoms with Crippen LogP contribution in [-0.2, 0) is 19.1 Å². The Hall–Kier alpha value is -1.67. The van der Waals surface area contributed by atoms with Crippen LogP contribution in [0.15, 0.2) is 0 Å². The molecule has 0 heterocycles. The van der Waals surface area contributed by atoms with Crippen molar-refractivity contribution in [3.63, 3.8) is 0 Å². The quantitative estimate of drug-likeness (QED) is 0.289. The molecule has 74 valence electrons. The molecule has 0 amide bonds. The molecule has 0 rings (SSSR count). The van der Waals surface area contributed by atoms with E-state index >= 15 is 0 Å². The van der Waals surface area contributed by atoms with E-state index in [0.717, 1.165) is 0 Å². The molecule has 0 radical (unpaired) electrons. The normalized spacial score (nSPS) is 10.8. The average molecular weight is 194 g/mol. The fourth-order valence-electron chi connectivity index (χ4n) is 0.381. The van der Waals surface area contributed by atoms with Gasteiger partial charge in [0, 0.05) is 0 Å². The van der Waals surface area contributed by atoms with Gasteiger partial charge in [0.1, 0.15) is 6.61 Å². The van der Waals surface area contributed by atoms with E-state index in [-0.39, 0.29) is 0 Å². The number of carboxylic acids is 3. The van der Waals surface area contributed by atoms with E-state index in [1.165, 1.54) is 0 Å². The summed E-state index contributed by atoms with van der Waals surface area (Å²) in [4.78, 5) is 30.1. The number of carbonyl (C=O) groups is 3. The highest BCUT2D eigenvalue weighted by Crippen LogP contribution is 2.07. The van der Waals surface area contributed by atoms with E-state index in [1.807, 2.05) is 0 Å². The first kappa shape index (κ1) is 11.3. The monoisotopic (exact) mass is 194 g/mol. The fraction of sp³-hybridized carbons (Fsp3) is 0.400. The Kier molecular flexibility index (Phi) is 3.33. The number of carboxylic acid groups (broad SMARTS) is 3. The zero-order valence-corrected chi connectivity index (χ0v) is 6.13. The SMILES string of the molecule is O=C(O)COC(O)(C(=O)O)C(=O)O. The van der Waals surface area contributed by atoms with Gasteiger partial charge >= 0.3 is 23.7 Å². The van der Waals surface area contributed by atoms with Crippen LogP contribution in [-0.4, -0.2) is 50.7 Å². The molecule has 8 heteroatoms. The summed E-state index contributed by atoms with van der Waals surface area (Å²) in [7, 11) is 0. The fourth-order valence-corrected chi connectivity index (χ4v) is 0.381. The highest BCUT2D eigenvalue weighted by atomic mass is 16.7. The summed E-state index contributed by atoms with van der Waals surface area (Å²) >= 11 is 0. The standard InChI is InChI=1S/C5H6O8/c6-2(7)1-13-5(12,3(8)9)4(10)11/h12H,1H2,(H,6,7)(H,8,9)(H,10,11). The van der Waals surface area contributed by atoms with Crippen molar-refractivity contribution in [2.75, 3.05) is 6.61 Å². The molecule has 0 unspecified atom stereocenters. The lowest BCUT2D eigenvalue weighted by Crippen LogP contribution is -2.49. The van der Waals surface area contributed by atoms with Gasteiger partial charge in [-0.05, 0) is 0 Å². The molecule has 0 fully saturated rings. The van der Waals surface area contributed by atoms with Crippen LogP contribution in [0.5, 0.6) is 0 Å². The number of aliphatic carboxylic acids is 3. The molecule has 0 atom stereocenters. The van der Waals surface area contributed by atoms with E-state index in [0.29, 0.717) is 0 Å². The maximum atomic E-state index is 10.1. The third kappa shape index (κ3) is 2.69. The largest absolute Gasteiger partial charge is 0.480 e. The molecular weight excluding hydrogens is 188 g/mol. The second kappa shape index (κ2) is 3.83. The molecule has 0 bridgehead atoms. The first-order valence-corrected chi connectivity index (χ1v) is 2.85. The minimum absolute atomic E-state index is 1.23. The van der Waals surface area contributed by atoms with Crippen LogP contribution in [0.25, 0.3) is 0 Å². The maximum Gasteiger partial charge on any atom is 0.376 e. The number of ether oxygens (including phenoxy) is 1. The van der Waals surface area contributed by atoms with Crippen molar-refractivity contribution >= 4 is 17.9 Å². The molecule has 0 aliphatic heterocycles. The van der Waals surface area contributed by atoms with Crippen LogP contribution in [0.3, 0.4) is 0 Å². The third-order valence-electron chi connectivity index (χ3n) is 0.984. The summed E-state index contributed by atoms with van der Waals surface area (Å²) < 4.78 is 3.77. The lowest BCUT2D eigenvalue weighted by Gasteiger charge is -2.16. The van der Waals surface area contributed by atoms with E-state index in [9.17, 15) is 14.4 Å². The molecule has 0 spiro atoms. The summed E-state index contributed by atoms with van der Waals surface area (Å²) in [5, 5.41) is 33.1. The van der Waals surface area contributed by atoms with Gasteiger partial charge in [0.25, 0.3) is 0 Å². The number of aliphatic hydroxyl groups is 1. The smallest absolute Gasteiger partial charge is 0.376 e. The predicted molar refractivity (Wildman–Crippen MR) is 33.8 cm³/mol. The van der Waals surface area contributed by atoms with Gasteiger partial charge in [-0.25, -0.2) is 14.4 Å². The van der Waals surface area contributed by atoms with Gasteiger partial charge < -0.3 is 25.2 Å². The molecule has 0 aromatic heterocycles. The summed E-state index contributed by atoms with van der Waals surface area (Å²) in [6.45, 7) is -1.23. The summed E-state index contributed by atoms with van der Waals surface area (Å²) in [5.74, 6) is -9.50. The summed E-state index contributed by atoms with van der Waals surface area (Å²) in [6, 6.07) is 0. The molecule has 0 aromatic rings. The maximum absolute atomic E-state index is 10.1. The van der Waals surface area contributed by atoms with Crippen molar-refractivity contribution < 1.29 is 39.5 Å². The Bertz CT molecular complexity index is 229. The second-order valence-electron chi connectivity index (χ2n) is 1.94. The van der Waals surface area contributed by atoms with Crippen molar-refractivity contribution in [1.29, 1.82) is 0 Å². The van der Waals surface area contributed by atoms with Gasteiger partial charge in [-0.3, -0.25) is 0 Å². The summed E-state index contributed by atoms with van der Waals surface area (Å²) in [6.07, 6.45) is 0. The van der Waals surface area contributed by atoms with Crippen molar-refractivity contribution in [3.05, 3.63) is 0 Å². The van der Waals surface area contributed by atoms with E-state index in [2.05, 4.69) is 4.74 Å². The Morgan fingerprint density at radius 2 is 1.46 bits per heavy atom. The summed E-state index contributed by atoms with van der Waals surface area (Å²) in [5.41, 5.74) is 0. The first-order valence-electron chi connectivity index (χ1n) is 2.85. The van der Waals surface area contributed by atoms with Gasteiger partial charge in [-0.2, -0.15) is 0 Å². The van der Waals surface area contributed by atoms with Crippen LogP contribution in [0.4, 0.5) is 0 Å². The lowest BCUT2D eigenvalue weighted by atomic mass is 10.3. The molecule has 8 nitrogen and oxygen atoms in total. The van der Waals surface area contributed by atoms with Crippen LogP contribution in [0.1, 0.15) is 0 Å². The lowest BCUT2D eigenvalue weighted by molar-refractivity contribution is -0.232. The third-order valence-corrected chi connectivity index (χ3v) is 0.984. The van der Waals surface area contributed by atoms with E-state index in [4.69, 9.17) is 20.4 Å². The molecular formula is C5H6O8. The van der Waals surface area contributed by atoms with Gasteiger partial charge in [-0.15, -0.1) is 0 Å².